The van der Waals surface area contributed by atoms with Crippen molar-refractivity contribution >= 4 is 23.4 Å². The average molecular weight is 543 g/mol. The smallest absolute Gasteiger partial charge is 0.333 e. The molecule has 4 heterocycles. The van der Waals surface area contributed by atoms with Crippen LogP contribution in [0.2, 0.25) is 5.02 Å². The van der Waals surface area contributed by atoms with E-state index in [9.17, 15) is 4.39 Å². The molecule has 0 unspecified atom stereocenters. The van der Waals surface area contributed by atoms with Gasteiger partial charge in [0.15, 0.2) is 5.82 Å². The number of amidine groups is 1. The van der Waals surface area contributed by atoms with E-state index in [1.165, 1.54) is 24.4 Å². The molecule has 0 saturated heterocycles. The lowest BCUT2D eigenvalue weighted by atomic mass is 10.1. The Morgan fingerprint density at radius 3 is 2.76 bits per heavy atom. The molecule has 38 heavy (non-hydrogen) atoms. The van der Waals surface area contributed by atoms with Crippen LogP contribution in [0.15, 0.2) is 53.9 Å². The molecule has 3 aromatic heterocycles. The highest BCUT2D eigenvalue weighted by molar-refractivity contribution is 6.31. The van der Waals surface area contributed by atoms with Gasteiger partial charge in [0.2, 0.25) is 17.6 Å². The van der Waals surface area contributed by atoms with Gasteiger partial charge in [0.05, 0.1) is 16.8 Å². The minimum Gasteiger partial charge on any atom is -0.404 e. The van der Waals surface area contributed by atoms with Crippen LogP contribution in [-0.4, -0.2) is 53.8 Å². The van der Waals surface area contributed by atoms with Gasteiger partial charge in [-0.25, -0.2) is 19.3 Å². The Kier molecular flexibility index (Phi) is 6.61. The monoisotopic (exact) mass is 542 g/mol. The van der Waals surface area contributed by atoms with E-state index < -0.39 is 30.0 Å². The first-order valence-electron chi connectivity index (χ1n) is 11.5. The zero-order valence-electron chi connectivity index (χ0n) is 20.3. The van der Waals surface area contributed by atoms with Crippen molar-refractivity contribution in [3.8, 4) is 23.0 Å². The maximum atomic E-state index is 15.6. The van der Waals surface area contributed by atoms with E-state index in [2.05, 4.69) is 35.5 Å². The first-order valence-corrected chi connectivity index (χ1v) is 11.8. The number of benzene rings is 1. The Morgan fingerprint density at radius 2 is 2.05 bits per heavy atom. The fraction of sp³-hybridized carbons (Fsp3) is 0.250. The SMILES string of the molecule is CN=C(C=CN)Nc1ncc(C)c(-c2cn3c(n2)-c2nnc(C(F)(F)c4ccccc4Cl)n2[C@H](CF)C3)n1. The third-order valence-electron chi connectivity index (χ3n) is 6.07. The van der Waals surface area contributed by atoms with Crippen LogP contribution in [0.1, 0.15) is 23.0 Å². The molecule has 5 rings (SSSR count). The standard InChI is InChI=1S/C24H22ClF3N10/c1-13-10-31-23(33-18(30-2)7-8-29)34-19(13)17-12-37-11-14(9-26)38-21(20(37)32-17)35-36-22(38)24(27,28)15-5-3-4-6-16(15)25/h3-8,10,12,14H,9,11,29H2,1-2H3,(H,30,31,33,34)/t14-/m1/s1. The summed E-state index contributed by atoms with van der Waals surface area (Å²) < 4.78 is 48.2. The van der Waals surface area contributed by atoms with Crippen molar-refractivity contribution in [2.75, 3.05) is 19.0 Å². The van der Waals surface area contributed by atoms with Crippen molar-refractivity contribution in [1.82, 2.24) is 34.3 Å². The van der Waals surface area contributed by atoms with E-state index in [-0.39, 0.29) is 29.2 Å². The van der Waals surface area contributed by atoms with Crippen LogP contribution < -0.4 is 11.1 Å². The predicted molar refractivity (Wildman–Crippen MR) is 137 cm³/mol. The third-order valence-corrected chi connectivity index (χ3v) is 6.39. The van der Waals surface area contributed by atoms with Crippen molar-refractivity contribution in [3.05, 3.63) is 70.9 Å². The summed E-state index contributed by atoms with van der Waals surface area (Å²) in [5.41, 5.74) is 6.63. The lowest BCUT2D eigenvalue weighted by molar-refractivity contribution is 0.0258. The van der Waals surface area contributed by atoms with E-state index in [0.29, 0.717) is 22.8 Å². The minimum absolute atomic E-state index is 0.0189. The van der Waals surface area contributed by atoms with Crippen molar-refractivity contribution in [2.45, 2.75) is 25.4 Å². The normalized spacial score (nSPS) is 15.5. The molecule has 3 N–H and O–H groups in total. The molecule has 0 spiro atoms. The van der Waals surface area contributed by atoms with Gasteiger partial charge in [0.1, 0.15) is 18.2 Å². The molecule has 1 aromatic carbocycles. The molecule has 0 fully saturated rings. The molecule has 1 atom stereocenters. The number of aromatic nitrogens is 7. The summed E-state index contributed by atoms with van der Waals surface area (Å²) in [6.45, 7) is 0.928. The Labute approximate surface area is 220 Å². The fourth-order valence-electron chi connectivity index (χ4n) is 4.25. The van der Waals surface area contributed by atoms with E-state index in [4.69, 9.17) is 17.3 Å². The van der Waals surface area contributed by atoms with Crippen molar-refractivity contribution < 1.29 is 13.2 Å². The van der Waals surface area contributed by atoms with Crippen LogP contribution in [0.3, 0.4) is 0 Å². The van der Waals surface area contributed by atoms with E-state index in [1.807, 2.05) is 0 Å². The highest BCUT2D eigenvalue weighted by atomic mass is 35.5. The van der Waals surface area contributed by atoms with Crippen LogP contribution in [0.4, 0.5) is 19.1 Å². The highest BCUT2D eigenvalue weighted by Gasteiger charge is 2.45. The van der Waals surface area contributed by atoms with Gasteiger partial charge in [-0.2, -0.15) is 8.78 Å². The van der Waals surface area contributed by atoms with Gasteiger partial charge in [0.25, 0.3) is 0 Å². The highest BCUT2D eigenvalue weighted by Crippen LogP contribution is 2.42. The number of anilines is 1. The molecule has 196 valence electrons. The summed E-state index contributed by atoms with van der Waals surface area (Å²) in [6.07, 6.45) is 6.17. The van der Waals surface area contributed by atoms with Crippen LogP contribution in [-0.2, 0) is 12.5 Å². The molecule has 0 amide bonds. The summed E-state index contributed by atoms with van der Waals surface area (Å²) in [5.74, 6) is -3.35. The summed E-state index contributed by atoms with van der Waals surface area (Å²) in [5, 5.41) is 10.6. The number of aryl methyl sites for hydroxylation is 1. The molecule has 0 radical (unpaired) electrons. The Morgan fingerprint density at radius 1 is 1.26 bits per heavy atom. The second kappa shape index (κ2) is 9.89. The van der Waals surface area contributed by atoms with Crippen molar-refractivity contribution in [3.63, 3.8) is 0 Å². The second-order valence-electron chi connectivity index (χ2n) is 8.50. The summed E-state index contributed by atoms with van der Waals surface area (Å²) in [7, 11) is 1.59. The van der Waals surface area contributed by atoms with Crippen LogP contribution in [0, 0.1) is 6.92 Å². The van der Waals surface area contributed by atoms with Gasteiger partial charge < -0.3 is 15.6 Å². The summed E-state index contributed by atoms with van der Waals surface area (Å²) >= 11 is 6.05. The number of nitrogens with one attached hydrogen (secondary N) is 1. The number of fused-ring (bicyclic) bond motifs is 3. The van der Waals surface area contributed by atoms with E-state index >= 15 is 8.78 Å². The maximum absolute atomic E-state index is 15.6. The zero-order valence-corrected chi connectivity index (χ0v) is 21.0. The molecule has 14 heteroatoms. The summed E-state index contributed by atoms with van der Waals surface area (Å²) in [6, 6.07) is 4.58. The second-order valence-corrected chi connectivity index (χ2v) is 8.91. The zero-order chi connectivity index (χ0) is 27.0. The van der Waals surface area contributed by atoms with E-state index in [0.717, 1.165) is 4.57 Å². The minimum atomic E-state index is -3.62. The fourth-order valence-corrected chi connectivity index (χ4v) is 4.51. The van der Waals surface area contributed by atoms with Crippen molar-refractivity contribution in [1.29, 1.82) is 0 Å². The number of rotatable bonds is 6. The first-order chi connectivity index (χ1) is 18.3. The molecule has 10 nitrogen and oxygen atoms in total. The van der Waals surface area contributed by atoms with Gasteiger partial charge in [-0.3, -0.25) is 9.56 Å². The molecular weight excluding hydrogens is 521 g/mol. The number of nitrogens with zero attached hydrogens (tertiary/aromatic N) is 8. The van der Waals surface area contributed by atoms with Crippen LogP contribution >= 0.6 is 11.6 Å². The van der Waals surface area contributed by atoms with Crippen LogP contribution in [0.25, 0.3) is 23.0 Å². The Balaban J connectivity index is 1.58. The molecule has 1 aliphatic heterocycles. The lowest BCUT2D eigenvalue weighted by Gasteiger charge is -2.27. The number of alkyl halides is 3. The number of halogens is 4. The number of aliphatic imine (C=N–C) groups is 1. The van der Waals surface area contributed by atoms with Gasteiger partial charge in [0, 0.05) is 31.5 Å². The molecule has 0 saturated carbocycles. The van der Waals surface area contributed by atoms with Gasteiger partial charge >= 0.3 is 5.92 Å². The number of imidazole rings is 1. The largest absolute Gasteiger partial charge is 0.404 e. The lowest BCUT2D eigenvalue weighted by Crippen LogP contribution is -2.30. The van der Waals surface area contributed by atoms with Gasteiger partial charge in [-0.05, 0) is 30.8 Å². The Bertz CT molecular complexity index is 1560. The topological polar surface area (TPSA) is 125 Å². The van der Waals surface area contributed by atoms with Gasteiger partial charge in [-0.15, -0.1) is 10.2 Å². The quantitative estimate of drug-likeness (QED) is 0.277. The average Bonchev–Trinajstić information content (AvgIpc) is 3.54. The summed E-state index contributed by atoms with van der Waals surface area (Å²) in [4.78, 5) is 17.5. The Hall–Kier alpha value is -4.26. The first kappa shape index (κ1) is 25.4. The molecule has 4 aromatic rings. The maximum Gasteiger partial charge on any atom is 0.333 e. The predicted octanol–water partition coefficient (Wildman–Crippen LogP) is 4.14. The molecule has 0 aliphatic carbocycles. The molecule has 0 bridgehead atoms. The molecular formula is C24H22ClF3N10. The number of hydrogen-bond donors (Lipinski definition) is 2. The van der Waals surface area contributed by atoms with Crippen LogP contribution in [0.5, 0.6) is 0 Å². The third kappa shape index (κ3) is 4.28. The van der Waals surface area contributed by atoms with Crippen molar-refractivity contribution in [2.24, 2.45) is 10.7 Å². The number of nitrogens with two attached hydrogens (primary N) is 1. The molecule has 1 aliphatic rings. The number of hydrogen-bond acceptors (Lipinski definition) is 7. The van der Waals surface area contributed by atoms with Gasteiger partial charge in [-0.1, -0.05) is 29.8 Å². The van der Waals surface area contributed by atoms with E-state index in [1.54, 1.807) is 43.1 Å².